The third kappa shape index (κ3) is 2.07. The summed E-state index contributed by atoms with van der Waals surface area (Å²) in [6.07, 6.45) is 0. The lowest BCUT2D eigenvalue weighted by Gasteiger charge is -2.18. The average Bonchev–Trinajstić information content (AvgIpc) is 2.09. The highest BCUT2D eigenvalue weighted by Gasteiger charge is 2.13. The van der Waals surface area contributed by atoms with Crippen molar-refractivity contribution in [3.8, 4) is 6.07 Å². The van der Waals surface area contributed by atoms with E-state index < -0.39 is 0 Å². The topological polar surface area (TPSA) is 27.0 Å². The molecular weight excluding hydrogens is 160 g/mol. The molecule has 0 saturated carbocycles. The molecule has 13 heavy (non-hydrogen) atoms. The maximum atomic E-state index is 8.98. The van der Waals surface area contributed by atoms with Gasteiger partial charge >= 0.3 is 0 Å². The van der Waals surface area contributed by atoms with Crippen LogP contribution < -0.4 is 0 Å². The Labute approximate surface area is 79.4 Å². The lowest BCUT2D eigenvalue weighted by Crippen LogP contribution is -2.18. The van der Waals surface area contributed by atoms with Gasteiger partial charge in [0.25, 0.3) is 0 Å². The van der Waals surface area contributed by atoms with E-state index in [0.29, 0.717) is 0 Å². The predicted molar refractivity (Wildman–Crippen MR) is 53.2 cm³/mol. The van der Waals surface area contributed by atoms with Gasteiger partial charge in [0, 0.05) is 0 Å². The summed E-state index contributed by atoms with van der Waals surface area (Å²) in [6, 6.07) is 10.1. The Hall–Kier alpha value is -1.33. The Bertz CT molecular complexity index is 323. The normalized spacial score (nSPS) is 12.5. The fourth-order valence-electron chi connectivity index (χ4n) is 1.36. The van der Waals surface area contributed by atoms with Crippen molar-refractivity contribution in [2.45, 2.75) is 13.0 Å². The van der Waals surface area contributed by atoms with Gasteiger partial charge in [0.15, 0.2) is 0 Å². The second-order valence-electron chi connectivity index (χ2n) is 3.35. The van der Waals surface area contributed by atoms with Crippen LogP contribution >= 0.6 is 0 Å². The lowest BCUT2D eigenvalue weighted by molar-refractivity contribution is 0.357. The highest BCUT2D eigenvalue weighted by molar-refractivity contribution is 5.31. The highest BCUT2D eigenvalue weighted by Crippen LogP contribution is 2.20. The van der Waals surface area contributed by atoms with E-state index in [1.54, 1.807) is 0 Å². The minimum atomic E-state index is -0.138. The monoisotopic (exact) mass is 174 g/mol. The molecule has 1 rings (SSSR count). The maximum absolute atomic E-state index is 8.98. The van der Waals surface area contributed by atoms with Crippen LogP contribution in [0.3, 0.4) is 0 Å². The van der Waals surface area contributed by atoms with Gasteiger partial charge < -0.3 is 0 Å². The zero-order valence-corrected chi connectivity index (χ0v) is 8.28. The molecule has 1 aromatic rings. The number of nitriles is 1. The third-order valence-corrected chi connectivity index (χ3v) is 2.12. The molecule has 0 fully saturated rings. The zero-order valence-electron chi connectivity index (χ0n) is 8.28. The maximum Gasteiger partial charge on any atom is 0.123 e. The minimum absolute atomic E-state index is 0.138. The van der Waals surface area contributed by atoms with Gasteiger partial charge in [-0.3, -0.25) is 4.90 Å². The number of benzene rings is 1. The van der Waals surface area contributed by atoms with Gasteiger partial charge in [-0.15, -0.1) is 0 Å². The predicted octanol–water partition coefficient (Wildman–Crippen LogP) is 2.12. The van der Waals surface area contributed by atoms with Gasteiger partial charge in [-0.1, -0.05) is 24.3 Å². The molecule has 0 N–H and O–H groups in total. The number of rotatable bonds is 2. The van der Waals surface area contributed by atoms with E-state index in [-0.39, 0.29) is 6.04 Å². The van der Waals surface area contributed by atoms with E-state index >= 15 is 0 Å². The van der Waals surface area contributed by atoms with E-state index in [2.05, 4.69) is 6.07 Å². The van der Waals surface area contributed by atoms with Gasteiger partial charge in [0.2, 0.25) is 0 Å². The Morgan fingerprint density at radius 2 is 1.92 bits per heavy atom. The Morgan fingerprint density at radius 3 is 2.38 bits per heavy atom. The van der Waals surface area contributed by atoms with Gasteiger partial charge in [-0.2, -0.15) is 5.26 Å². The first-order chi connectivity index (χ1) is 6.16. The number of aryl methyl sites for hydroxylation is 1. The molecule has 0 amide bonds. The molecule has 0 unspecified atom stereocenters. The van der Waals surface area contributed by atoms with Crippen molar-refractivity contribution in [3.05, 3.63) is 35.4 Å². The average molecular weight is 174 g/mol. The minimum Gasteiger partial charge on any atom is -0.291 e. The lowest BCUT2D eigenvalue weighted by atomic mass is 10.0. The van der Waals surface area contributed by atoms with Crippen LogP contribution in [-0.2, 0) is 0 Å². The van der Waals surface area contributed by atoms with Crippen molar-refractivity contribution >= 4 is 0 Å². The Morgan fingerprint density at radius 1 is 1.31 bits per heavy atom. The molecule has 0 aliphatic carbocycles. The van der Waals surface area contributed by atoms with Crippen molar-refractivity contribution in [2.24, 2.45) is 0 Å². The summed E-state index contributed by atoms with van der Waals surface area (Å²) < 4.78 is 0. The Kier molecular flexibility index (Phi) is 3.05. The molecule has 2 heteroatoms. The standard InChI is InChI=1S/C11H14N2/c1-9-6-4-5-7-10(9)11(8-12)13(2)3/h4-7,11H,1-3H3/t11-/m0/s1. The Balaban J connectivity index is 3.07. The quantitative estimate of drug-likeness (QED) is 0.686. The molecule has 0 spiro atoms. The number of nitrogens with zero attached hydrogens (tertiary/aromatic N) is 2. The van der Waals surface area contributed by atoms with Crippen molar-refractivity contribution in [3.63, 3.8) is 0 Å². The summed E-state index contributed by atoms with van der Waals surface area (Å²) in [5.74, 6) is 0. The fraction of sp³-hybridized carbons (Fsp3) is 0.364. The van der Waals surface area contributed by atoms with Crippen LogP contribution in [0.25, 0.3) is 0 Å². The molecule has 0 saturated heterocycles. The first-order valence-corrected chi connectivity index (χ1v) is 4.28. The molecule has 0 aliphatic heterocycles. The third-order valence-electron chi connectivity index (χ3n) is 2.12. The summed E-state index contributed by atoms with van der Waals surface area (Å²) >= 11 is 0. The van der Waals surface area contributed by atoms with Crippen LogP contribution in [-0.4, -0.2) is 19.0 Å². The van der Waals surface area contributed by atoms with Crippen molar-refractivity contribution in [1.29, 1.82) is 5.26 Å². The summed E-state index contributed by atoms with van der Waals surface area (Å²) in [5.41, 5.74) is 2.26. The summed E-state index contributed by atoms with van der Waals surface area (Å²) in [5, 5.41) is 8.98. The number of hydrogen-bond donors (Lipinski definition) is 0. The smallest absolute Gasteiger partial charge is 0.123 e. The second kappa shape index (κ2) is 4.06. The van der Waals surface area contributed by atoms with E-state index in [0.717, 1.165) is 5.56 Å². The van der Waals surface area contributed by atoms with E-state index in [1.165, 1.54) is 5.56 Å². The van der Waals surface area contributed by atoms with Crippen LogP contribution in [0, 0.1) is 18.3 Å². The summed E-state index contributed by atoms with van der Waals surface area (Å²) in [4.78, 5) is 1.92. The molecule has 68 valence electrons. The van der Waals surface area contributed by atoms with Crippen LogP contribution in [0.4, 0.5) is 0 Å². The highest BCUT2D eigenvalue weighted by atomic mass is 15.1. The van der Waals surface area contributed by atoms with Gasteiger partial charge in [-0.25, -0.2) is 0 Å². The SMILES string of the molecule is Cc1ccccc1[C@H](C#N)N(C)C. The molecule has 0 radical (unpaired) electrons. The molecule has 0 aliphatic rings. The van der Waals surface area contributed by atoms with Gasteiger partial charge in [0.05, 0.1) is 6.07 Å². The molecule has 1 aromatic carbocycles. The van der Waals surface area contributed by atoms with Gasteiger partial charge in [-0.05, 0) is 32.1 Å². The van der Waals surface area contributed by atoms with Crippen molar-refractivity contribution in [1.82, 2.24) is 4.90 Å². The molecule has 0 heterocycles. The van der Waals surface area contributed by atoms with Gasteiger partial charge in [0.1, 0.15) is 6.04 Å². The van der Waals surface area contributed by atoms with Crippen LogP contribution in [0.2, 0.25) is 0 Å². The van der Waals surface area contributed by atoms with Crippen molar-refractivity contribution < 1.29 is 0 Å². The molecular formula is C11H14N2. The van der Waals surface area contributed by atoms with Crippen LogP contribution in [0.5, 0.6) is 0 Å². The van der Waals surface area contributed by atoms with E-state index in [1.807, 2.05) is 50.2 Å². The van der Waals surface area contributed by atoms with Crippen molar-refractivity contribution in [2.75, 3.05) is 14.1 Å². The van der Waals surface area contributed by atoms with Crippen LogP contribution in [0.15, 0.2) is 24.3 Å². The molecule has 0 bridgehead atoms. The molecule has 2 nitrogen and oxygen atoms in total. The summed E-state index contributed by atoms with van der Waals surface area (Å²) in [6.45, 7) is 2.03. The first-order valence-electron chi connectivity index (χ1n) is 4.28. The zero-order chi connectivity index (χ0) is 9.84. The largest absolute Gasteiger partial charge is 0.291 e. The second-order valence-corrected chi connectivity index (χ2v) is 3.35. The van der Waals surface area contributed by atoms with E-state index in [9.17, 15) is 0 Å². The van der Waals surface area contributed by atoms with E-state index in [4.69, 9.17) is 5.26 Å². The fourth-order valence-corrected chi connectivity index (χ4v) is 1.36. The molecule has 0 aromatic heterocycles. The first kappa shape index (κ1) is 9.76. The molecule has 1 atom stereocenters. The van der Waals surface area contributed by atoms with Crippen LogP contribution in [0.1, 0.15) is 17.2 Å². The summed E-state index contributed by atoms with van der Waals surface area (Å²) in [7, 11) is 3.83. The number of hydrogen-bond acceptors (Lipinski definition) is 2.